The van der Waals surface area contributed by atoms with Gasteiger partial charge in [0.25, 0.3) is 0 Å². The molecule has 0 aromatic carbocycles. The van der Waals surface area contributed by atoms with E-state index >= 15 is 0 Å². The number of guanidine groups is 1. The third-order valence-electron chi connectivity index (χ3n) is 3.22. The lowest BCUT2D eigenvalue weighted by Gasteiger charge is -2.12. The molecule has 6 heteroatoms. The average molecular weight is 295 g/mol. The Bertz CT molecular complexity index is 423. The van der Waals surface area contributed by atoms with E-state index in [4.69, 9.17) is 0 Å². The molecule has 20 heavy (non-hydrogen) atoms. The van der Waals surface area contributed by atoms with Gasteiger partial charge in [-0.05, 0) is 38.0 Å². The number of hydrogen-bond donors (Lipinski definition) is 2. The Morgan fingerprint density at radius 3 is 3.10 bits per heavy atom. The van der Waals surface area contributed by atoms with Crippen LogP contribution < -0.4 is 10.6 Å². The summed E-state index contributed by atoms with van der Waals surface area (Å²) in [7, 11) is 0. The lowest BCUT2D eigenvalue weighted by molar-refractivity contribution is 0.597. The number of nitrogens with one attached hydrogen (secondary N) is 2. The summed E-state index contributed by atoms with van der Waals surface area (Å²) in [4.78, 5) is 4.68. The maximum absolute atomic E-state index is 4.68. The number of aromatic nitrogens is 2. The van der Waals surface area contributed by atoms with E-state index in [1.54, 1.807) is 0 Å². The molecule has 0 spiro atoms. The van der Waals surface area contributed by atoms with E-state index < -0.39 is 0 Å². The van der Waals surface area contributed by atoms with Gasteiger partial charge in [0, 0.05) is 24.5 Å². The molecule has 2 rings (SSSR count). The van der Waals surface area contributed by atoms with Gasteiger partial charge < -0.3 is 10.6 Å². The van der Waals surface area contributed by atoms with Crippen molar-refractivity contribution in [3.63, 3.8) is 0 Å². The second-order valence-corrected chi connectivity index (χ2v) is 6.47. The number of thioether (sulfide) groups is 1. The molecule has 0 saturated carbocycles. The topological polar surface area (TPSA) is 54.2 Å². The fourth-order valence-electron chi connectivity index (χ4n) is 2.20. The van der Waals surface area contributed by atoms with Crippen LogP contribution in [0.25, 0.3) is 0 Å². The van der Waals surface area contributed by atoms with Crippen molar-refractivity contribution in [2.75, 3.05) is 25.4 Å². The van der Waals surface area contributed by atoms with Gasteiger partial charge in [0.2, 0.25) is 0 Å². The van der Waals surface area contributed by atoms with Crippen LogP contribution in [-0.2, 0) is 6.54 Å². The van der Waals surface area contributed by atoms with Crippen LogP contribution in [0.5, 0.6) is 0 Å². The minimum atomic E-state index is 0.708. The molecule has 0 aliphatic carbocycles. The zero-order chi connectivity index (χ0) is 14.2. The Kier molecular flexibility index (Phi) is 6.24. The van der Waals surface area contributed by atoms with Crippen molar-refractivity contribution >= 4 is 17.7 Å². The van der Waals surface area contributed by atoms with Crippen molar-refractivity contribution in [2.45, 2.75) is 38.5 Å². The van der Waals surface area contributed by atoms with Crippen LogP contribution in [0.3, 0.4) is 0 Å². The van der Waals surface area contributed by atoms with Crippen LogP contribution in [-0.4, -0.2) is 46.4 Å². The lowest BCUT2D eigenvalue weighted by Crippen LogP contribution is -2.39. The standard InChI is InChI=1S/C14H25N5S/c1-3-15-14(17-10-13-5-4-8-20-13)16-6-7-19-11-12(2)9-18-19/h9,11,13H,3-8,10H2,1-2H3,(H2,15,16,17). The molecule has 0 radical (unpaired) electrons. The Balaban J connectivity index is 1.74. The fraction of sp³-hybridized carbons (Fsp3) is 0.714. The number of rotatable bonds is 6. The predicted octanol–water partition coefficient (Wildman–Crippen LogP) is 1.64. The van der Waals surface area contributed by atoms with Gasteiger partial charge in [0.05, 0.1) is 19.3 Å². The molecule has 5 nitrogen and oxygen atoms in total. The van der Waals surface area contributed by atoms with Crippen LogP contribution in [0.1, 0.15) is 25.3 Å². The summed E-state index contributed by atoms with van der Waals surface area (Å²) in [6.45, 7) is 7.66. The van der Waals surface area contributed by atoms with Crippen LogP contribution >= 0.6 is 11.8 Å². The lowest BCUT2D eigenvalue weighted by atomic mass is 10.2. The summed E-state index contributed by atoms with van der Waals surface area (Å²) in [6.07, 6.45) is 6.59. The molecule has 2 heterocycles. The fourth-order valence-corrected chi connectivity index (χ4v) is 3.38. The molecular weight excluding hydrogens is 270 g/mol. The molecule has 2 N–H and O–H groups in total. The maximum Gasteiger partial charge on any atom is 0.191 e. The molecule has 0 bridgehead atoms. The number of aliphatic imine (C=N–C) groups is 1. The van der Waals surface area contributed by atoms with Gasteiger partial charge in [-0.3, -0.25) is 9.67 Å². The van der Waals surface area contributed by atoms with Crippen molar-refractivity contribution in [3.8, 4) is 0 Å². The van der Waals surface area contributed by atoms with Crippen LogP contribution in [0.4, 0.5) is 0 Å². The van der Waals surface area contributed by atoms with Crippen molar-refractivity contribution in [2.24, 2.45) is 4.99 Å². The summed E-state index contributed by atoms with van der Waals surface area (Å²) in [5, 5.41) is 11.7. The molecule has 112 valence electrons. The highest BCUT2D eigenvalue weighted by Crippen LogP contribution is 2.25. The Hall–Kier alpha value is -1.17. The molecule has 1 aromatic heterocycles. The van der Waals surface area contributed by atoms with Crippen LogP contribution in [0.15, 0.2) is 17.4 Å². The number of aryl methyl sites for hydroxylation is 1. The highest BCUT2D eigenvalue weighted by molar-refractivity contribution is 8.00. The highest BCUT2D eigenvalue weighted by Gasteiger charge is 2.14. The Morgan fingerprint density at radius 1 is 1.55 bits per heavy atom. The van der Waals surface area contributed by atoms with Gasteiger partial charge in [0.1, 0.15) is 0 Å². The molecule has 1 aromatic rings. The van der Waals surface area contributed by atoms with E-state index in [0.717, 1.165) is 32.1 Å². The average Bonchev–Trinajstić information content (AvgIpc) is 3.08. The Morgan fingerprint density at radius 2 is 2.45 bits per heavy atom. The quantitative estimate of drug-likeness (QED) is 0.619. The zero-order valence-electron chi connectivity index (χ0n) is 12.4. The largest absolute Gasteiger partial charge is 0.357 e. The van der Waals surface area contributed by atoms with Crippen LogP contribution in [0, 0.1) is 6.92 Å². The predicted molar refractivity (Wildman–Crippen MR) is 86.4 cm³/mol. The monoisotopic (exact) mass is 295 g/mol. The molecule has 0 amide bonds. The molecule has 1 atom stereocenters. The van der Waals surface area contributed by atoms with Crippen LogP contribution in [0.2, 0.25) is 0 Å². The SMILES string of the molecule is CCNC(=NCC1CCCS1)NCCn1cc(C)cn1. The molecular formula is C14H25N5S. The first-order valence-corrected chi connectivity index (χ1v) is 8.45. The normalized spacial score (nSPS) is 19.3. The zero-order valence-corrected chi connectivity index (χ0v) is 13.2. The molecule has 1 aliphatic heterocycles. The van der Waals surface area contributed by atoms with E-state index in [1.165, 1.54) is 24.2 Å². The van der Waals surface area contributed by atoms with E-state index in [0.29, 0.717) is 5.25 Å². The summed E-state index contributed by atoms with van der Waals surface area (Å²) in [5.74, 6) is 2.21. The van der Waals surface area contributed by atoms with Gasteiger partial charge in [-0.1, -0.05) is 0 Å². The maximum atomic E-state index is 4.68. The smallest absolute Gasteiger partial charge is 0.191 e. The van der Waals surface area contributed by atoms with Gasteiger partial charge in [-0.2, -0.15) is 16.9 Å². The number of nitrogens with zero attached hydrogens (tertiary/aromatic N) is 3. The second kappa shape index (κ2) is 8.19. The van der Waals surface area contributed by atoms with Crippen molar-refractivity contribution in [1.29, 1.82) is 0 Å². The summed E-state index contributed by atoms with van der Waals surface area (Å²) < 4.78 is 1.96. The molecule has 1 aliphatic rings. The minimum Gasteiger partial charge on any atom is -0.357 e. The number of hydrogen-bond acceptors (Lipinski definition) is 3. The first kappa shape index (κ1) is 15.2. The summed E-state index contributed by atoms with van der Waals surface area (Å²) in [5.41, 5.74) is 1.20. The minimum absolute atomic E-state index is 0.708. The van der Waals surface area contributed by atoms with E-state index in [2.05, 4.69) is 40.8 Å². The van der Waals surface area contributed by atoms with E-state index in [9.17, 15) is 0 Å². The van der Waals surface area contributed by atoms with E-state index in [-0.39, 0.29) is 0 Å². The van der Waals surface area contributed by atoms with Crippen molar-refractivity contribution < 1.29 is 0 Å². The molecule has 1 unspecified atom stereocenters. The molecule has 1 saturated heterocycles. The van der Waals surface area contributed by atoms with Gasteiger partial charge in [-0.25, -0.2) is 0 Å². The van der Waals surface area contributed by atoms with Gasteiger partial charge in [0.15, 0.2) is 5.96 Å². The van der Waals surface area contributed by atoms with Crippen molar-refractivity contribution in [1.82, 2.24) is 20.4 Å². The first-order chi connectivity index (χ1) is 9.78. The van der Waals surface area contributed by atoms with Crippen molar-refractivity contribution in [3.05, 3.63) is 18.0 Å². The third-order valence-corrected chi connectivity index (χ3v) is 4.60. The summed E-state index contributed by atoms with van der Waals surface area (Å²) >= 11 is 2.05. The molecule has 1 fully saturated rings. The van der Waals surface area contributed by atoms with E-state index in [1.807, 2.05) is 22.6 Å². The summed E-state index contributed by atoms with van der Waals surface area (Å²) in [6, 6.07) is 0. The van der Waals surface area contributed by atoms with Gasteiger partial charge >= 0.3 is 0 Å². The Labute approximate surface area is 125 Å². The first-order valence-electron chi connectivity index (χ1n) is 7.40. The highest BCUT2D eigenvalue weighted by atomic mass is 32.2. The third kappa shape index (κ3) is 5.07. The van der Waals surface area contributed by atoms with Gasteiger partial charge in [-0.15, -0.1) is 0 Å². The second-order valence-electron chi connectivity index (χ2n) is 5.06.